The molecule has 2 aliphatic heterocycles. The molecule has 1 fully saturated rings. The first-order valence-corrected chi connectivity index (χ1v) is 10.9. The Morgan fingerprint density at radius 3 is 2.88 bits per heavy atom. The van der Waals surface area contributed by atoms with Gasteiger partial charge in [0.1, 0.15) is 19.3 Å². The first kappa shape index (κ1) is 21.6. The summed E-state index contributed by atoms with van der Waals surface area (Å²) in [5, 5.41) is 3.73. The van der Waals surface area contributed by atoms with Crippen molar-refractivity contribution in [1.82, 2.24) is 10.3 Å². The molecule has 0 saturated carbocycles. The van der Waals surface area contributed by atoms with Crippen LogP contribution in [-0.2, 0) is 9.53 Å². The molecule has 9 heteroatoms. The van der Waals surface area contributed by atoms with Crippen molar-refractivity contribution in [2.75, 3.05) is 38.3 Å². The zero-order valence-electron chi connectivity index (χ0n) is 18.5. The lowest BCUT2D eigenvalue weighted by molar-refractivity contribution is -0.116. The number of carbonyl (C=O) groups is 2. The Labute approximate surface area is 195 Å². The van der Waals surface area contributed by atoms with Gasteiger partial charge in [-0.1, -0.05) is 18.2 Å². The predicted octanol–water partition coefficient (Wildman–Crippen LogP) is 3.17. The molecular formula is C25H23N3O6. The number of amides is 2. The van der Waals surface area contributed by atoms with Crippen molar-refractivity contribution in [3.8, 4) is 17.4 Å². The second-order valence-corrected chi connectivity index (χ2v) is 7.80. The standard InChI is InChI=1S/C25H23N3O6/c1-31-23-10-6-17-4-2-3-16(24(17)27-23)5-9-22(29)26-14-19-15-28(25(30)34-19)18-7-8-20-21(13-18)33-12-11-32-20/h2-10,13,19H,11-12,14-15H2,1H3,(H,26,29)/b9-5+/t19-/m1/s1. The smallest absolute Gasteiger partial charge is 0.414 e. The predicted molar refractivity (Wildman–Crippen MR) is 125 cm³/mol. The number of hydrogen-bond acceptors (Lipinski definition) is 7. The molecule has 1 aromatic heterocycles. The van der Waals surface area contributed by atoms with Crippen molar-refractivity contribution in [3.05, 3.63) is 60.2 Å². The zero-order chi connectivity index (χ0) is 23.5. The Hall–Kier alpha value is -4.27. The Morgan fingerprint density at radius 1 is 1.18 bits per heavy atom. The van der Waals surface area contributed by atoms with Gasteiger partial charge in [-0.05, 0) is 24.3 Å². The van der Waals surface area contributed by atoms with E-state index in [0.29, 0.717) is 42.8 Å². The zero-order valence-corrected chi connectivity index (χ0v) is 18.5. The SMILES string of the molecule is COc1ccc2cccc(/C=C/C(=O)NC[C@@H]3CN(c4ccc5c(c4)OCCO5)C(=O)O3)c2n1. The normalized spacial score (nSPS) is 17.1. The molecule has 1 saturated heterocycles. The number of nitrogens with one attached hydrogen (secondary N) is 1. The van der Waals surface area contributed by atoms with Gasteiger partial charge in [0.05, 0.1) is 31.4 Å². The van der Waals surface area contributed by atoms with Gasteiger partial charge in [-0.25, -0.2) is 9.78 Å². The van der Waals surface area contributed by atoms with E-state index in [9.17, 15) is 9.59 Å². The van der Waals surface area contributed by atoms with Gasteiger partial charge < -0.3 is 24.3 Å². The van der Waals surface area contributed by atoms with Crippen LogP contribution in [0.3, 0.4) is 0 Å². The number of ether oxygens (including phenoxy) is 4. The fourth-order valence-corrected chi connectivity index (χ4v) is 3.88. The van der Waals surface area contributed by atoms with E-state index in [4.69, 9.17) is 18.9 Å². The summed E-state index contributed by atoms with van der Waals surface area (Å²) < 4.78 is 21.7. The van der Waals surface area contributed by atoms with Crippen molar-refractivity contribution < 1.29 is 28.5 Å². The number of benzene rings is 2. The molecule has 2 amide bonds. The number of para-hydroxylation sites is 1. The number of carbonyl (C=O) groups excluding carboxylic acids is 2. The number of aromatic nitrogens is 1. The van der Waals surface area contributed by atoms with Crippen molar-refractivity contribution in [2.24, 2.45) is 0 Å². The highest BCUT2D eigenvalue weighted by Gasteiger charge is 2.33. The summed E-state index contributed by atoms with van der Waals surface area (Å²) in [4.78, 5) is 30.8. The van der Waals surface area contributed by atoms with E-state index in [1.165, 1.54) is 11.0 Å². The van der Waals surface area contributed by atoms with Crippen LogP contribution >= 0.6 is 0 Å². The Bertz CT molecular complexity index is 1270. The fourth-order valence-electron chi connectivity index (χ4n) is 3.88. The lowest BCUT2D eigenvalue weighted by atomic mass is 10.1. The second-order valence-electron chi connectivity index (χ2n) is 7.80. The first-order chi connectivity index (χ1) is 16.6. The minimum absolute atomic E-state index is 0.192. The van der Waals surface area contributed by atoms with Gasteiger partial charge in [-0.2, -0.15) is 0 Å². The molecule has 3 heterocycles. The lowest BCUT2D eigenvalue weighted by Crippen LogP contribution is -2.33. The summed E-state index contributed by atoms with van der Waals surface area (Å²) in [6.45, 7) is 1.47. The molecule has 0 aliphatic carbocycles. The molecule has 5 rings (SSSR count). The third-order valence-corrected chi connectivity index (χ3v) is 5.56. The molecule has 2 aromatic carbocycles. The maximum Gasteiger partial charge on any atom is 0.414 e. The molecule has 34 heavy (non-hydrogen) atoms. The van der Waals surface area contributed by atoms with Crippen LogP contribution in [0.1, 0.15) is 5.56 Å². The molecular weight excluding hydrogens is 438 g/mol. The number of methoxy groups -OCH3 is 1. The number of hydrogen-bond donors (Lipinski definition) is 1. The number of rotatable bonds is 6. The molecule has 1 atom stereocenters. The monoisotopic (exact) mass is 461 g/mol. The molecule has 0 bridgehead atoms. The van der Waals surface area contributed by atoms with Crippen LogP contribution in [0.4, 0.5) is 10.5 Å². The summed E-state index contributed by atoms with van der Waals surface area (Å²) in [5.74, 6) is 1.45. The number of anilines is 1. The van der Waals surface area contributed by atoms with Gasteiger partial charge >= 0.3 is 6.09 Å². The van der Waals surface area contributed by atoms with E-state index in [0.717, 1.165) is 16.5 Å². The van der Waals surface area contributed by atoms with Crippen LogP contribution in [0.25, 0.3) is 17.0 Å². The van der Waals surface area contributed by atoms with Gasteiger partial charge in [-0.15, -0.1) is 0 Å². The molecule has 2 aliphatic rings. The van der Waals surface area contributed by atoms with Crippen LogP contribution in [0, 0.1) is 0 Å². The Balaban J connectivity index is 1.20. The molecule has 0 unspecified atom stereocenters. The molecule has 1 N–H and O–H groups in total. The minimum Gasteiger partial charge on any atom is -0.486 e. The van der Waals surface area contributed by atoms with Crippen LogP contribution in [0.15, 0.2) is 54.6 Å². The Morgan fingerprint density at radius 2 is 2.03 bits per heavy atom. The van der Waals surface area contributed by atoms with E-state index in [1.54, 1.807) is 37.5 Å². The summed E-state index contributed by atoms with van der Waals surface area (Å²) in [7, 11) is 1.56. The van der Waals surface area contributed by atoms with E-state index in [-0.39, 0.29) is 12.5 Å². The first-order valence-electron chi connectivity index (χ1n) is 10.9. The van der Waals surface area contributed by atoms with Crippen molar-refractivity contribution in [2.45, 2.75) is 6.10 Å². The van der Waals surface area contributed by atoms with Crippen molar-refractivity contribution in [1.29, 1.82) is 0 Å². The topological polar surface area (TPSA) is 99.2 Å². The van der Waals surface area contributed by atoms with Crippen molar-refractivity contribution >= 4 is 34.7 Å². The second kappa shape index (κ2) is 9.30. The summed E-state index contributed by atoms with van der Waals surface area (Å²) in [6, 6.07) is 14.7. The van der Waals surface area contributed by atoms with Gasteiger partial charge in [0.15, 0.2) is 11.5 Å². The highest BCUT2D eigenvalue weighted by Crippen LogP contribution is 2.35. The molecule has 0 radical (unpaired) electrons. The van der Waals surface area contributed by atoms with Gasteiger partial charge in [-0.3, -0.25) is 9.69 Å². The lowest BCUT2D eigenvalue weighted by Gasteiger charge is -2.21. The van der Waals surface area contributed by atoms with Crippen molar-refractivity contribution in [3.63, 3.8) is 0 Å². The number of pyridine rings is 1. The molecule has 174 valence electrons. The summed E-state index contributed by atoms with van der Waals surface area (Å²) >= 11 is 0. The summed E-state index contributed by atoms with van der Waals surface area (Å²) in [6.07, 6.45) is 2.20. The number of cyclic esters (lactones) is 1. The van der Waals surface area contributed by atoms with E-state index in [1.807, 2.05) is 24.3 Å². The van der Waals surface area contributed by atoms with Crippen LogP contribution < -0.4 is 24.4 Å². The van der Waals surface area contributed by atoms with Crippen LogP contribution in [0.2, 0.25) is 0 Å². The highest BCUT2D eigenvalue weighted by molar-refractivity contribution is 5.95. The van der Waals surface area contributed by atoms with Gasteiger partial charge in [0.25, 0.3) is 0 Å². The van der Waals surface area contributed by atoms with Gasteiger partial charge in [0.2, 0.25) is 11.8 Å². The highest BCUT2D eigenvalue weighted by atomic mass is 16.6. The van der Waals surface area contributed by atoms with E-state index < -0.39 is 12.2 Å². The van der Waals surface area contributed by atoms with E-state index in [2.05, 4.69) is 10.3 Å². The average molecular weight is 461 g/mol. The maximum atomic E-state index is 12.4. The van der Waals surface area contributed by atoms with E-state index >= 15 is 0 Å². The van der Waals surface area contributed by atoms with Crippen LogP contribution in [0.5, 0.6) is 17.4 Å². The third-order valence-electron chi connectivity index (χ3n) is 5.56. The average Bonchev–Trinajstić information content (AvgIpc) is 3.25. The van der Waals surface area contributed by atoms with Gasteiger partial charge in [0, 0.05) is 29.2 Å². The molecule has 3 aromatic rings. The quantitative estimate of drug-likeness (QED) is 0.563. The molecule has 0 spiro atoms. The summed E-state index contributed by atoms with van der Waals surface area (Å²) in [5.41, 5.74) is 2.19. The Kier molecular flexibility index (Phi) is 5.90. The maximum absolute atomic E-state index is 12.4. The number of nitrogens with zero attached hydrogens (tertiary/aromatic N) is 2. The fraction of sp³-hybridized carbons (Fsp3) is 0.240. The third kappa shape index (κ3) is 4.45. The van der Waals surface area contributed by atoms with Crippen LogP contribution in [-0.4, -0.2) is 56.5 Å². The number of fused-ring (bicyclic) bond motifs is 2. The largest absolute Gasteiger partial charge is 0.486 e. The minimum atomic E-state index is -0.471. The molecule has 9 nitrogen and oxygen atoms in total.